The highest BCUT2D eigenvalue weighted by Gasteiger charge is 2.03. The van der Waals surface area contributed by atoms with Gasteiger partial charge in [-0.25, -0.2) is 9.59 Å². The zero-order valence-corrected chi connectivity index (χ0v) is 12.9. The molecule has 2 amide bonds. The Hall–Kier alpha value is -1.95. The SMILES string of the molecule is CSC(C)CCNC(=O)Nc1cccc(/C=C/C(=O)O)c1. The molecule has 5 nitrogen and oxygen atoms in total. The standard InChI is InChI=1S/C15H20N2O3S/c1-11(21-2)8-9-16-15(20)17-13-5-3-4-12(10-13)6-7-14(18)19/h3-7,10-11H,8-9H2,1-2H3,(H,18,19)(H2,16,17,20)/b7-6+. The highest BCUT2D eigenvalue weighted by atomic mass is 32.2. The van der Waals surface area contributed by atoms with Crippen molar-refractivity contribution in [3.8, 4) is 0 Å². The molecule has 1 aromatic rings. The second-order valence-electron chi connectivity index (χ2n) is 4.51. The van der Waals surface area contributed by atoms with Gasteiger partial charge in [0.25, 0.3) is 0 Å². The molecule has 21 heavy (non-hydrogen) atoms. The second-order valence-corrected chi connectivity index (χ2v) is 5.79. The van der Waals surface area contributed by atoms with E-state index in [0.29, 0.717) is 23.0 Å². The molecule has 6 heteroatoms. The molecular formula is C15H20N2O3S. The van der Waals surface area contributed by atoms with Crippen molar-refractivity contribution in [1.29, 1.82) is 0 Å². The summed E-state index contributed by atoms with van der Waals surface area (Å²) in [7, 11) is 0. The largest absolute Gasteiger partial charge is 0.478 e. The molecule has 0 fully saturated rings. The average Bonchev–Trinajstić information content (AvgIpc) is 2.45. The second kappa shape index (κ2) is 9.07. The molecule has 0 aliphatic heterocycles. The molecule has 0 bridgehead atoms. The minimum atomic E-state index is -1.01. The summed E-state index contributed by atoms with van der Waals surface area (Å²) >= 11 is 1.76. The Bertz CT molecular complexity index is 517. The third-order valence-corrected chi connectivity index (χ3v) is 3.84. The molecule has 114 valence electrons. The number of aliphatic carboxylic acids is 1. The van der Waals surface area contributed by atoms with Crippen molar-refractivity contribution in [3.63, 3.8) is 0 Å². The molecule has 0 saturated heterocycles. The molecule has 0 radical (unpaired) electrons. The van der Waals surface area contributed by atoms with Gasteiger partial charge in [0, 0.05) is 23.6 Å². The van der Waals surface area contributed by atoms with Crippen LogP contribution in [0.15, 0.2) is 30.3 Å². The fourth-order valence-corrected chi connectivity index (χ4v) is 1.92. The van der Waals surface area contributed by atoms with Crippen molar-refractivity contribution in [2.24, 2.45) is 0 Å². The first-order valence-electron chi connectivity index (χ1n) is 6.60. The van der Waals surface area contributed by atoms with E-state index in [4.69, 9.17) is 5.11 Å². The lowest BCUT2D eigenvalue weighted by atomic mass is 10.2. The summed E-state index contributed by atoms with van der Waals surface area (Å²) in [5.74, 6) is -1.01. The first kappa shape index (κ1) is 17.1. The zero-order valence-electron chi connectivity index (χ0n) is 12.1. The van der Waals surface area contributed by atoms with Crippen LogP contribution in [0.4, 0.5) is 10.5 Å². The van der Waals surface area contributed by atoms with Gasteiger partial charge >= 0.3 is 12.0 Å². The van der Waals surface area contributed by atoms with Gasteiger partial charge in [0.15, 0.2) is 0 Å². The van der Waals surface area contributed by atoms with Crippen LogP contribution in [-0.4, -0.2) is 35.2 Å². The predicted molar refractivity (Wildman–Crippen MR) is 87.7 cm³/mol. The number of anilines is 1. The van der Waals surface area contributed by atoms with Crippen LogP contribution in [-0.2, 0) is 4.79 Å². The zero-order chi connectivity index (χ0) is 15.7. The van der Waals surface area contributed by atoms with E-state index in [1.807, 2.05) is 6.26 Å². The summed E-state index contributed by atoms with van der Waals surface area (Å²) in [5, 5.41) is 14.6. The maximum Gasteiger partial charge on any atom is 0.328 e. The fraction of sp³-hybridized carbons (Fsp3) is 0.333. The first-order chi connectivity index (χ1) is 10.0. The number of urea groups is 1. The Morgan fingerprint density at radius 3 is 2.86 bits per heavy atom. The van der Waals surface area contributed by atoms with Crippen molar-refractivity contribution < 1.29 is 14.7 Å². The Morgan fingerprint density at radius 1 is 1.43 bits per heavy atom. The van der Waals surface area contributed by atoms with Crippen LogP contribution in [0.5, 0.6) is 0 Å². The van der Waals surface area contributed by atoms with Gasteiger partial charge in [0.2, 0.25) is 0 Å². The van der Waals surface area contributed by atoms with Gasteiger partial charge in [0.05, 0.1) is 0 Å². The molecule has 0 spiro atoms. The van der Waals surface area contributed by atoms with Gasteiger partial charge in [-0.2, -0.15) is 11.8 Å². The number of carboxylic acid groups (broad SMARTS) is 1. The lowest BCUT2D eigenvalue weighted by Crippen LogP contribution is -2.30. The summed E-state index contributed by atoms with van der Waals surface area (Å²) in [5.41, 5.74) is 1.34. The number of benzene rings is 1. The van der Waals surface area contributed by atoms with Crippen LogP contribution in [0.25, 0.3) is 6.08 Å². The molecule has 1 unspecified atom stereocenters. The van der Waals surface area contributed by atoms with Gasteiger partial charge in [-0.3, -0.25) is 0 Å². The number of rotatable bonds is 7. The first-order valence-corrected chi connectivity index (χ1v) is 7.88. The van der Waals surface area contributed by atoms with Gasteiger partial charge in [-0.05, 0) is 36.4 Å². The molecule has 0 saturated carbocycles. The monoisotopic (exact) mass is 308 g/mol. The van der Waals surface area contributed by atoms with Crippen molar-refractivity contribution in [2.45, 2.75) is 18.6 Å². The minimum absolute atomic E-state index is 0.261. The Balaban J connectivity index is 2.49. The molecule has 1 atom stereocenters. The number of hydrogen-bond donors (Lipinski definition) is 3. The normalized spacial score (nSPS) is 12.1. The van der Waals surface area contributed by atoms with Crippen molar-refractivity contribution in [1.82, 2.24) is 5.32 Å². The van der Waals surface area contributed by atoms with Crippen molar-refractivity contribution in [2.75, 3.05) is 18.1 Å². The van der Waals surface area contributed by atoms with E-state index in [9.17, 15) is 9.59 Å². The summed E-state index contributed by atoms with van der Waals surface area (Å²) < 4.78 is 0. The molecule has 0 heterocycles. The van der Waals surface area contributed by atoms with E-state index < -0.39 is 5.97 Å². The molecule has 1 rings (SSSR count). The summed E-state index contributed by atoms with van der Waals surface area (Å²) in [6.07, 6.45) is 5.49. The summed E-state index contributed by atoms with van der Waals surface area (Å²) in [6, 6.07) is 6.73. The molecule has 1 aromatic carbocycles. The van der Waals surface area contributed by atoms with Crippen LogP contribution in [0.2, 0.25) is 0 Å². The predicted octanol–water partition coefficient (Wildman–Crippen LogP) is 3.05. The smallest absolute Gasteiger partial charge is 0.328 e. The number of nitrogens with one attached hydrogen (secondary N) is 2. The van der Waals surface area contributed by atoms with E-state index >= 15 is 0 Å². The summed E-state index contributed by atoms with van der Waals surface area (Å²) in [6.45, 7) is 2.73. The number of thioether (sulfide) groups is 1. The van der Waals surface area contributed by atoms with E-state index in [1.54, 1.807) is 36.0 Å². The van der Waals surface area contributed by atoms with Crippen LogP contribution in [0.1, 0.15) is 18.9 Å². The van der Waals surface area contributed by atoms with Gasteiger partial charge in [-0.1, -0.05) is 19.1 Å². The van der Waals surface area contributed by atoms with E-state index in [0.717, 1.165) is 12.5 Å². The third kappa shape index (κ3) is 7.41. The topological polar surface area (TPSA) is 78.4 Å². The van der Waals surface area contributed by atoms with Crippen LogP contribution in [0.3, 0.4) is 0 Å². The maximum absolute atomic E-state index is 11.7. The molecule has 0 aliphatic rings. The highest BCUT2D eigenvalue weighted by Crippen LogP contribution is 2.12. The van der Waals surface area contributed by atoms with Crippen LogP contribution < -0.4 is 10.6 Å². The molecule has 0 aromatic heterocycles. The third-order valence-electron chi connectivity index (χ3n) is 2.80. The maximum atomic E-state index is 11.7. The van der Waals surface area contributed by atoms with E-state index in [-0.39, 0.29) is 6.03 Å². The lowest BCUT2D eigenvalue weighted by Gasteiger charge is -2.10. The Kier molecular flexibility index (Phi) is 7.39. The molecule has 3 N–H and O–H groups in total. The van der Waals surface area contributed by atoms with Crippen LogP contribution >= 0.6 is 11.8 Å². The fourth-order valence-electron chi connectivity index (χ4n) is 1.57. The number of amides is 2. The number of carbonyl (C=O) groups is 2. The minimum Gasteiger partial charge on any atom is -0.478 e. The van der Waals surface area contributed by atoms with Gasteiger partial charge in [0.1, 0.15) is 0 Å². The average molecular weight is 308 g/mol. The summed E-state index contributed by atoms with van der Waals surface area (Å²) in [4.78, 5) is 22.2. The van der Waals surface area contributed by atoms with Crippen molar-refractivity contribution >= 4 is 35.5 Å². The number of carboxylic acids is 1. The van der Waals surface area contributed by atoms with Crippen molar-refractivity contribution in [3.05, 3.63) is 35.9 Å². The molecular weight excluding hydrogens is 288 g/mol. The Morgan fingerprint density at radius 2 is 2.19 bits per heavy atom. The van der Waals surface area contributed by atoms with Crippen LogP contribution in [0, 0.1) is 0 Å². The van der Waals surface area contributed by atoms with E-state index in [2.05, 4.69) is 17.6 Å². The number of hydrogen-bond acceptors (Lipinski definition) is 3. The lowest BCUT2D eigenvalue weighted by molar-refractivity contribution is -0.131. The van der Waals surface area contributed by atoms with Gasteiger partial charge < -0.3 is 15.7 Å². The highest BCUT2D eigenvalue weighted by molar-refractivity contribution is 7.99. The number of carbonyl (C=O) groups excluding carboxylic acids is 1. The Labute approximate surface area is 128 Å². The van der Waals surface area contributed by atoms with E-state index in [1.165, 1.54) is 6.08 Å². The van der Waals surface area contributed by atoms with Gasteiger partial charge in [-0.15, -0.1) is 0 Å². The molecule has 0 aliphatic carbocycles. The quantitative estimate of drug-likeness (QED) is 0.677.